The predicted octanol–water partition coefficient (Wildman–Crippen LogP) is -0.386. The summed E-state index contributed by atoms with van der Waals surface area (Å²) in [5.41, 5.74) is 0. The van der Waals surface area contributed by atoms with E-state index in [1.54, 1.807) is 0 Å². The highest BCUT2D eigenvalue weighted by molar-refractivity contribution is 5.64. The third kappa shape index (κ3) is 3.20. The van der Waals surface area contributed by atoms with Gasteiger partial charge in [0.2, 0.25) is 0 Å². The van der Waals surface area contributed by atoms with E-state index in [-0.39, 0.29) is 18.6 Å². The molecule has 0 aromatic heterocycles. The van der Waals surface area contributed by atoms with Gasteiger partial charge >= 0.3 is 6.09 Å². The van der Waals surface area contributed by atoms with Gasteiger partial charge in [-0.25, -0.2) is 4.79 Å². The van der Waals surface area contributed by atoms with Crippen molar-refractivity contribution in [2.45, 2.75) is 18.9 Å². The first-order valence-corrected chi connectivity index (χ1v) is 4.55. The van der Waals surface area contributed by atoms with E-state index >= 15 is 0 Å². The number of carboxylic acid groups (broad SMARTS) is 1. The molecular formula is C8H16N2O3. The van der Waals surface area contributed by atoms with Gasteiger partial charge in [-0.2, -0.15) is 0 Å². The normalized spacial score (nSPS) is 21.0. The molecule has 1 aliphatic heterocycles. The minimum Gasteiger partial charge on any atom is -0.465 e. The van der Waals surface area contributed by atoms with Crippen molar-refractivity contribution < 1.29 is 15.0 Å². The van der Waals surface area contributed by atoms with E-state index in [2.05, 4.69) is 10.6 Å². The molecule has 1 rings (SSSR count). The molecule has 4 N–H and O–H groups in total. The Bertz CT molecular complexity index is 169. The molecule has 0 aliphatic carbocycles. The van der Waals surface area contributed by atoms with Crippen LogP contribution >= 0.6 is 0 Å². The number of hydrogen-bond donors (Lipinski definition) is 4. The number of aliphatic hydroxyl groups is 1. The van der Waals surface area contributed by atoms with Crippen molar-refractivity contribution in [2.75, 3.05) is 19.7 Å². The number of amides is 1. The van der Waals surface area contributed by atoms with Gasteiger partial charge in [-0.15, -0.1) is 0 Å². The molecule has 0 bridgehead atoms. The Morgan fingerprint density at radius 2 is 2.15 bits per heavy atom. The lowest BCUT2D eigenvalue weighted by molar-refractivity contribution is 0.150. The smallest absolute Gasteiger partial charge is 0.404 e. The molecule has 5 heteroatoms. The molecule has 76 valence electrons. The minimum absolute atomic E-state index is 0.114. The van der Waals surface area contributed by atoms with Crippen LogP contribution in [-0.2, 0) is 0 Å². The van der Waals surface area contributed by atoms with E-state index in [9.17, 15) is 4.79 Å². The summed E-state index contributed by atoms with van der Waals surface area (Å²) < 4.78 is 0. The SMILES string of the molecule is O=C(O)NC(CO)C1CCNCC1. The Morgan fingerprint density at radius 1 is 1.54 bits per heavy atom. The van der Waals surface area contributed by atoms with Crippen LogP contribution in [0.5, 0.6) is 0 Å². The van der Waals surface area contributed by atoms with Gasteiger partial charge in [0.1, 0.15) is 0 Å². The molecule has 1 aliphatic rings. The van der Waals surface area contributed by atoms with Crippen LogP contribution in [0.25, 0.3) is 0 Å². The highest BCUT2D eigenvalue weighted by atomic mass is 16.4. The number of carbonyl (C=O) groups is 1. The van der Waals surface area contributed by atoms with Gasteiger partial charge in [-0.1, -0.05) is 0 Å². The lowest BCUT2D eigenvalue weighted by Gasteiger charge is -2.29. The van der Waals surface area contributed by atoms with Crippen LogP contribution in [0, 0.1) is 5.92 Å². The summed E-state index contributed by atoms with van der Waals surface area (Å²) in [4.78, 5) is 10.4. The predicted molar refractivity (Wildman–Crippen MR) is 47.6 cm³/mol. The molecule has 1 fully saturated rings. The fraction of sp³-hybridized carbons (Fsp3) is 0.875. The van der Waals surface area contributed by atoms with Crippen LogP contribution in [-0.4, -0.2) is 42.0 Å². The largest absolute Gasteiger partial charge is 0.465 e. The van der Waals surface area contributed by atoms with Crippen molar-refractivity contribution >= 4 is 6.09 Å². The number of aliphatic hydroxyl groups excluding tert-OH is 1. The molecule has 0 aromatic carbocycles. The van der Waals surface area contributed by atoms with Gasteiger partial charge in [-0.05, 0) is 31.8 Å². The quantitative estimate of drug-likeness (QED) is 0.486. The summed E-state index contributed by atoms with van der Waals surface area (Å²) in [6.45, 7) is 1.70. The zero-order valence-corrected chi connectivity index (χ0v) is 7.49. The topological polar surface area (TPSA) is 81.6 Å². The third-order valence-corrected chi connectivity index (χ3v) is 2.46. The highest BCUT2D eigenvalue weighted by Crippen LogP contribution is 2.15. The van der Waals surface area contributed by atoms with E-state index in [4.69, 9.17) is 10.2 Å². The van der Waals surface area contributed by atoms with Gasteiger partial charge < -0.3 is 20.8 Å². The van der Waals surface area contributed by atoms with E-state index in [0.29, 0.717) is 0 Å². The van der Waals surface area contributed by atoms with Gasteiger partial charge in [0.05, 0.1) is 12.6 Å². The molecule has 0 radical (unpaired) electrons. The maximum absolute atomic E-state index is 10.4. The van der Waals surface area contributed by atoms with E-state index in [0.717, 1.165) is 25.9 Å². The van der Waals surface area contributed by atoms with Crippen LogP contribution in [0.1, 0.15) is 12.8 Å². The summed E-state index contributed by atoms with van der Waals surface area (Å²) in [7, 11) is 0. The second-order valence-corrected chi connectivity index (χ2v) is 3.33. The van der Waals surface area contributed by atoms with E-state index in [1.165, 1.54) is 0 Å². The van der Waals surface area contributed by atoms with Crippen LogP contribution in [0.15, 0.2) is 0 Å². The monoisotopic (exact) mass is 188 g/mol. The number of hydrogen-bond acceptors (Lipinski definition) is 3. The molecule has 0 saturated carbocycles. The fourth-order valence-electron chi connectivity index (χ4n) is 1.72. The Morgan fingerprint density at radius 3 is 2.62 bits per heavy atom. The fourth-order valence-corrected chi connectivity index (χ4v) is 1.72. The van der Waals surface area contributed by atoms with Crippen LogP contribution in [0.2, 0.25) is 0 Å². The zero-order chi connectivity index (χ0) is 9.68. The molecule has 1 heterocycles. The Labute approximate surface area is 77.1 Å². The first-order chi connectivity index (χ1) is 6.24. The van der Waals surface area contributed by atoms with Crippen LogP contribution in [0.3, 0.4) is 0 Å². The lowest BCUT2D eigenvalue weighted by Crippen LogP contribution is -2.45. The summed E-state index contributed by atoms with van der Waals surface area (Å²) in [6, 6.07) is -0.306. The summed E-state index contributed by atoms with van der Waals surface area (Å²) in [5, 5.41) is 23.0. The molecular weight excluding hydrogens is 172 g/mol. The highest BCUT2D eigenvalue weighted by Gasteiger charge is 2.23. The molecule has 5 nitrogen and oxygen atoms in total. The van der Waals surface area contributed by atoms with E-state index in [1.807, 2.05) is 0 Å². The van der Waals surface area contributed by atoms with Gasteiger partial charge in [0, 0.05) is 0 Å². The maximum atomic E-state index is 10.4. The number of piperidine rings is 1. The van der Waals surface area contributed by atoms with E-state index < -0.39 is 6.09 Å². The summed E-state index contributed by atoms with van der Waals surface area (Å²) in [5.74, 6) is 0.266. The lowest BCUT2D eigenvalue weighted by atomic mass is 9.91. The average Bonchev–Trinajstić information content (AvgIpc) is 2.15. The van der Waals surface area contributed by atoms with Crippen LogP contribution in [0.4, 0.5) is 4.79 Å². The third-order valence-electron chi connectivity index (χ3n) is 2.46. The average molecular weight is 188 g/mol. The Kier molecular flexibility index (Phi) is 3.98. The van der Waals surface area contributed by atoms with Gasteiger partial charge in [0.25, 0.3) is 0 Å². The first kappa shape index (κ1) is 10.3. The van der Waals surface area contributed by atoms with Crippen molar-refractivity contribution in [2.24, 2.45) is 5.92 Å². The standard InChI is InChI=1S/C8H16N2O3/c11-5-7(10-8(12)13)6-1-3-9-4-2-6/h6-7,9-11H,1-5H2,(H,12,13). The molecule has 13 heavy (non-hydrogen) atoms. The second kappa shape index (κ2) is 5.04. The van der Waals surface area contributed by atoms with Crippen molar-refractivity contribution in [3.05, 3.63) is 0 Å². The minimum atomic E-state index is -1.06. The molecule has 0 aromatic rings. The Hall–Kier alpha value is -0.810. The maximum Gasteiger partial charge on any atom is 0.404 e. The molecule has 1 atom stereocenters. The van der Waals surface area contributed by atoms with Gasteiger partial charge in [-0.3, -0.25) is 0 Å². The molecule has 1 amide bonds. The Balaban J connectivity index is 2.39. The summed E-state index contributed by atoms with van der Waals surface area (Å²) >= 11 is 0. The summed E-state index contributed by atoms with van der Waals surface area (Å²) in [6.07, 6.45) is 0.786. The molecule has 0 spiro atoms. The number of rotatable bonds is 3. The second-order valence-electron chi connectivity index (χ2n) is 3.33. The van der Waals surface area contributed by atoms with Crippen molar-refractivity contribution in [1.82, 2.24) is 10.6 Å². The van der Waals surface area contributed by atoms with Crippen molar-refractivity contribution in [3.63, 3.8) is 0 Å². The van der Waals surface area contributed by atoms with Crippen molar-refractivity contribution in [3.8, 4) is 0 Å². The zero-order valence-electron chi connectivity index (χ0n) is 7.49. The van der Waals surface area contributed by atoms with Crippen molar-refractivity contribution in [1.29, 1.82) is 0 Å². The number of nitrogens with one attached hydrogen (secondary N) is 2. The molecule has 1 saturated heterocycles. The molecule has 1 unspecified atom stereocenters. The first-order valence-electron chi connectivity index (χ1n) is 4.55. The van der Waals surface area contributed by atoms with Crippen LogP contribution < -0.4 is 10.6 Å². The van der Waals surface area contributed by atoms with Gasteiger partial charge in [0.15, 0.2) is 0 Å².